The summed E-state index contributed by atoms with van der Waals surface area (Å²) in [4.78, 5) is 0. The van der Waals surface area contributed by atoms with Crippen molar-refractivity contribution >= 4 is 10.8 Å². The van der Waals surface area contributed by atoms with Gasteiger partial charge >= 0.3 is 12.7 Å². The summed E-state index contributed by atoms with van der Waals surface area (Å²) in [6.07, 6.45) is -10.0. The normalized spacial score (nSPS) is 13.6. The van der Waals surface area contributed by atoms with E-state index in [9.17, 15) is 30.6 Å². The van der Waals surface area contributed by atoms with E-state index in [2.05, 4.69) is 9.47 Å². The molecule has 0 saturated carbocycles. The average molecular weight is 246 g/mol. The van der Waals surface area contributed by atoms with E-state index in [1.165, 1.54) is 0 Å². The summed E-state index contributed by atoms with van der Waals surface area (Å²) < 4.78 is 84.0. The molecular weight excluding hydrogens is 242 g/mol. The highest BCUT2D eigenvalue weighted by Crippen LogP contribution is 2.18. The van der Waals surface area contributed by atoms with E-state index in [0.29, 0.717) is 0 Å². The molecule has 0 spiro atoms. The fourth-order valence-corrected chi connectivity index (χ4v) is 0.897. The first-order valence-electron chi connectivity index (χ1n) is 2.86. The molecule has 0 aromatic carbocycles. The zero-order valence-corrected chi connectivity index (χ0v) is 7.13. The van der Waals surface area contributed by atoms with Crippen molar-refractivity contribution in [1.82, 2.24) is 0 Å². The topological polar surface area (TPSA) is 35.5 Å². The standard InChI is InChI=1S/C4H4F6O3S/c5-3(6,7)12-1-14(11)2-13-4(8,9)10/h1-2H2. The van der Waals surface area contributed by atoms with Crippen LogP contribution in [0.25, 0.3) is 0 Å². The molecule has 0 unspecified atom stereocenters. The Kier molecular flexibility index (Phi) is 4.81. The molecule has 14 heavy (non-hydrogen) atoms. The average Bonchev–Trinajstić information content (AvgIpc) is 1.94. The lowest BCUT2D eigenvalue weighted by molar-refractivity contribution is -0.319. The van der Waals surface area contributed by atoms with Crippen molar-refractivity contribution in [2.45, 2.75) is 12.7 Å². The largest absolute Gasteiger partial charge is 0.523 e. The van der Waals surface area contributed by atoms with Crippen molar-refractivity contribution in [3.05, 3.63) is 0 Å². The van der Waals surface area contributed by atoms with Gasteiger partial charge in [0.15, 0.2) is 0 Å². The molecule has 0 amide bonds. The lowest BCUT2D eigenvalue weighted by Crippen LogP contribution is -2.22. The fraction of sp³-hybridized carbons (Fsp3) is 1.00. The van der Waals surface area contributed by atoms with Gasteiger partial charge < -0.3 is 0 Å². The molecule has 10 heteroatoms. The SMILES string of the molecule is O=S(COC(F)(F)F)COC(F)(F)F. The Hall–Kier alpha value is -0.350. The minimum atomic E-state index is -5.02. The monoisotopic (exact) mass is 246 g/mol. The molecular formula is C4H4F6O3S. The summed E-state index contributed by atoms with van der Waals surface area (Å²) >= 11 is 0. The number of ether oxygens (including phenoxy) is 2. The molecule has 0 aromatic heterocycles. The van der Waals surface area contributed by atoms with Crippen LogP contribution in [0.3, 0.4) is 0 Å². The van der Waals surface area contributed by atoms with Gasteiger partial charge in [-0.3, -0.25) is 13.7 Å². The molecule has 0 aliphatic heterocycles. The van der Waals surface area contributed by atoms with Crippen LogP contribution in [0.15, 0.2) is 0 Å². The van der Waals surface area contributed by atoms with Crippen molar-refractivity contribution in [2.75, 3.05) is 11.9 Å². The molecule has 0 fully saturated rings. The first-order valence-corrected chi connectivity index (χ1v) is 4.35. The quantitative estimate of drug-likeness (QED) is 0.708. The maximum absolute atomic E-state index is 11.3. The predicted octanol–water partition coefficient (Wildman–Crippen LogP) is 1.72. The molecule has 0 rings (SSSR count). The minimum Gasteiger partial charge on any atom is -0.278 e. The minimum absolute atomic E-state index is 1.39. The van der Waals surface area contributed by atoms with Crippen LogP contribution < -0.4 is 0 Å². The van der Waals surface area contributed by atoms with E-state index in [4.69, 9.17) is 0 Å². The molecule has 0 aliphatic rings. The van der Waals surface area contributed by atoms with Crippen LogP contribution in [0.1, 0.15) is 0 Å². The maximum atomic E-state index is 11.3. The number of halogens is 6. The third kappa shape index (κ3) is 9.74. The molecule has 0 aromatic rings. The summed E-state index contributed by atoms with van der Waals surface area (Å²) in [5, 5.41) is 0. The van der Waals surface area contributed by atoms with Gasteiger partial charge in [0.05, 0.1) is 10.8 Å². The third-order valence-corrected chi connectivity index (χ3v) is 1.47. The second-order valence-corrected chi connectivity index (χ2v) is 3.21. The molecule has 0 N–H and O–H groups in total. The van der Waals surface area contributed by atoms with E-state index in [0.717, 1.165) is 0 Å². The highest BCUT2D eigenvalue weighted by molar-refractivity contribution is 7.84. The van der Waals surface area contributed by atoms with Gasteiger partial charge in [0, 0.05) is 0 Å². The summed E-state index contributed by atoms with van der Waals surface area (Å²) in [5.41, 5.74) is 0. The van der Waals surface area contributed by atoms with Crippen LogP contribution in [-0.4, -0.2) is 28.8 Å². The molecule has 0 radical (unpaired) electrons. The second kappa shape index (κ2) is 4.94. The molecule has 0 aliphatic carbocycles. The molecule has 0 bridgehead atoms. The van der Waals surface area contributed by atoms with Crippen LogP contribution in [0, 0.1) is 0 Å². The summed E-state index contributed by atoms with van der Waals surface area (Å²) in [7, 11) is -2.50. The van der Waals surface area contributed by atoms with E-state index in [-0.39, 0.29) is 0 Å². The summed E-state index contributed by atoms with van der Waals surface area (Å²) in [6, 6.07) is 0. The fourth-order valence-electron chi connectivity index (χ4n) is 0.299. The van der Waals surface area contributed by atoms with Gasteiger partial charge in [-0.05, 0) is 0 Å². The van der Waals surface area contributed by atoms with Crippen molar-refractivity contribution < 1.29 is 40.0 Å². The van der Waals surface area contributed by atoms with Crippen LogP contribution >= 0.6 is 0 Å². The zero-order valence-electron chi connectivity index (χ0n) is 6.31. The first kappa shape index (κ1) is 13.7. The molecule has 3 nitrogen and oxygen atoms in total. The van der Waals surface area contributed by atoms with Gasteiger partial charge in [0.25, 0.3) is 0 Å². The zero-order chi connectivity index (χ0) is 11.4. The van der Waals surface area contributed by atoms with Crippen molar-refractivity contribution in [1.29, 1.82) is 0 Å². The van der Waals surface area contributed by atoms with Crippen LogP contribution in [0.2, 0.25) is 0 Å². The van der Waals surface area contributed by atoms with Crippen molar-refractivity contribution in [3.63, 3.8) is 0 Å². The Bertz CT molecular complexity index is 178. The Balaban J connectivity index is 3.68. The van der Waals surface area contributed by atoms with Crippen LogP contribution in [-0.2, 0) is 20.3 Å². The molecule has 0 saturated heterocycles. The van der Waals surface area contributed by atoms with Crippen LogP contribution in [0.4, 0.5) is 26.3 Å². The maximum Gasteiger partial charge on any atom is 0.523 e. The first-order chi connectivity index (χ1) is 6.10. The summed E-state index contributed by atoms with van der Waals surface area (Å²) in [5.74, 6) is -2.78. The second-order valence-electron chi connectivity index (χ2n) is 1.86. The number of alkyl halides is 6. The number of hydrogen-bond acceptors (Lipinski definition) is 3. The third-order valence-electron chi connectivity index (χ3n) is 0.708. The summed E-state index contributed by atoms with van der Waals surface area (Å²) in [6.45, 7) is 0. The van der Waals surface area contributed by atoms with Gasteiger partial charge in [0.1, 0.15) is 11.9 Å². The smallest absolute Gasteiger partial charge is 0.278 e. The predicted molar refractivity (Wildman–Crippen MR) is 32.2 cm³/mol. The van der Waals surface area contributed by atoms with Gasteiger partial charge in [-0.2, -0.15) is 0 Å². The van der Waals surface area contributed by atoms with Crippen molar-refractivity contribution in [3.8, 4) is 0 Å². The molecule has 0 atom stereocenters. The van der Waals surface area contributed by atoms with E-state index in [1.54, 1.807) is 0 Å². The molecule has 86 valence electrons. The lowest BCUT2D eigenvalue weighted by atomic mass is 11.3. The Morgan fingerprint density at radius 3 is 1.36 bits per heavy atom. The Morgan fingerprint density at radius 1 is 0.857 bits per heavy atom. The number of rotatable bonds is 4. The molecule has 0 heterocycles. The van der Waals surface area contributed by atoms with Crippen molar-refractivity contribution in [2.24, 2.45) is 0 Å². The van der Waals surface area contributed by atoms with Gasteiger partial charge in [-0.25, -0.2) is 0 Å². The van der Waals surface area contributed by atoms with Gasteiger partial charge in [-0.15, -0.1) is 26.3 Å². The van der Waals surface area contributed by atoms with E-state index >= 15 is 0 Å². The van der Waals surface area contributed by atoms with E-state index < -0.39 is 35.4 Å². The Morgan fingerprint density at radius 2 is 1.14 bits per heavy atom. The highest BCUT2D eigenvalue weighted by atomic mass is 32.2. The van der Waals surface area contributed by atoms with E-state index in [1.807, 2.05) is 0 Å². The highest BCUT2D eigenvalue weighted by Gasteiger charge is 2.32. The lowest BCUT2D eigenvalue weighted by Gasteiger charge is -2.08. The Labute approximate surface area is 76.4 Å². The van der Waals surface area contributed by atoms with Gasteiger partial charge in [0.2, 0.25) is 0 Å². The van der Waals surface area contributed by atoms with Gasteiger partial charge in [-0.1, -0.05) is 0 Å². The van der Waals surface area contributed by atoms with Crippen LogP contribution in [0.5, 0.6) is 0 Å². The number of hydrogen-bond donors (Lipinski definition) is 0.